The van der Waals surface area contributed by atoms with Gasteiger partial charge in [0.1, 0.15) is 0 Å². The number of amides is 2. The van der Waals surface area contributed by atoms with Crippen molar-refractivity contribution in [3.8, 4) is 0 Å². The maximum Gasteiger partial charge on any atom is 0.411 e. The van der Waals surface area contributed by atoms with Gasteiger partial charge < -0.3 is 19.4 Å². The molecule has 0 fully saturated rings. The van der Waals surface area contributed by atoms with Crippen molar-refractivity contribution in [3.63, 3.8) is 0 Å². The first-order chi connectivity index (χ1) is 11.9. The van der Waals surface area contributed by atoms with E-state index < -0.39 is 6.09 Å². The highest BCUT2D eigenvalue weighted by Gasteiger charge is 2.20. The quantitative estimate of drug-likeness (QED) is 0.842. The molecule has 7 nitrogen and oxygen atoms in total. The van der Waals surface area contributed by atoms with Crippen LogP contribution in [0.2, 0.25) is 0 Å². The summed E-state index contributed by atoms with van der Waals surface area (Å²) in [6.07, 6.45) is 1.97. The molecule has 1 aromatic carbocycles. The maximum atomic E-state index is 11.7. The molecule has 1 atom stereocenters. The number of ether oxygens (including phenoxy) is 2. The number of fused-ring (bicyclic) bond motifs is 1. The Kier molecular flexibility index (Phi) is 6.03. The van der Waals surface area contributed by atoms with Crippen molar-refractivity contribution in [1.29, 1.82) is 0 Å². The van der Waals surface area contributed by atoms with Gasteiger partial charge in [-0.05, 0) is 31.0 Å². The van der Waals surface area contributed by atoms with Gasteiger partial charge in [0.05, 0.1) is 18.9 Å². The number of nitrogens with one attached hydrogen (secondary N) is 2. The van der Waals surface area contributed by atoms with Gasteiger partial charge in [0.2, 0.25) is 5.91 Å². The number of methoxy groups -OCH3 is 2. The lowest BCUT2D eigenvalue weighted by atomic mass is 9.98. The summed E-state index contributed by atoms with van der Waals surface area (Å²) in [5.74, 6) is -0.0567. The molecule has 2 N–H and O–H groups in total. The Morgan fingerprint density at radius 2 is 2.00 bits per heavy atom. The van der Waals surface area contributed by atoms with Gasteiger partial charge in [-0.25, -0.2) is 4.79 Å². The first-order valence-electron chi connectivity index (χ1n) is 8.12. The van der Waals surface area contributed by atoms with E-state index in [4.69, 9.17) is 9.47 Å². The van der Waals surface area contributed by atoms with Crippen molar-refractivity contribution < 1.29 is 19.1 Å². The number of rotatable bonds is 6. The lowest BCUT2D eigenvalue weighted by Gasteiger charge is -2.18. The van der Waals surface area contributed by atoms with Crippen molar-refractivity contribution in [1.82, 2.24) is 9.88 Å². The Bertz CT molecular complexity index is 782. The van der Waals surface area contributed by atoms with Crippen LogP contribution in [-0.2, 0) is 27.7 Å². The Labute approximate surface area is 147 Å². The maximum absolute atomic E-state index is 11.7. The predicted octanol–water partition coefficient (Wildman–Crippen LogP) is 2.74. The highest BCUT2D eigenvalue weighted by molar-refractivity contribution is 5.96. The van der Waals surface area contributed by atoms with Crippen LogP contribution in [0.25, 0.3) is 10.9 Å². The minimum Gasteiger partial charge on any atom is -0.453 e. The fourth-order valence-corrected chi connectivity index (χ4v) is 2.98. The number of anilines is 1. The van der Waals surface area contributed by atoms with E-state index in [0.717, 1.165) is 22.0 Å². The number of carbonyl (C=O) groups excluding carboxylic acids is 2. The molecular weight excluding hydrogens is 322 g/mol. The van der Waals surface area contributed by atoms with Crippen LogP contribution in [0.4, 0.5) is 10.5 Å². The van der Waals surface area contributed by atoms with Crippen molar-refractivity contribution in [3.05, 3.63) is 29.5 Å². The van der Waals surface area contributed by atoms with Gasteiger partial charge in [0, 0.05) is 50.3 Å². The van der Waals surface area contributed by atoms with E-state index in [9.17, 15) is 9.59 Å². The monoisotopic (exact) mass is 347 g/mol. The number of nitrogens with zero attached hydrogens (tertiary/aromatic N) is 1. The average Bonchev–Trinajstić information content (AvgIpc) is 2.89. The summed E-state index contributed by atoms with van der Waals surface area (Å²) < 4.78 is 12.3. The first-order valence-corrected chi connectivity index (χ1v) is 8.12. The minimum absolute atomic E-state index is 0.0567. The lowest BCUT2D eigenvalue weighted by Crippen LogP contribution is -2.22. The molecule has 1 heterocycles. The molecule has 0 bridgehead atoms. The summed E-state index contributed by atoms with van der Waals surface area (Å²) in [5, 5.41) is 6.60. The highest BCUT2D eigenvalue weighted by Crippen LogP contribution is 2.36. The van der Waals surface area contributed by atoms with Crippen LogP contribution in [-0.4, -0.2) is 37.3 Å². The summed E-state index contributed by atoms with van der Waals surface area (Å²) in [7, 11) is 4.93. The Morgan fingerprint density at radius 3 is 2.60 bits per heavy atom. The molecule has 0 radical (unpaired) electrons. The van der Waals surface area contributed by atoms with Crippen LogP contribution in [0, 0.1) is 0 Å². The molecule has 1 aromatic heterocycles. The van der Waals surface area contributed by atoms with E-state index in [2.05, 4.69) is 10.6 Å². The van der Waals surface area contributed by atoms with Gasteiger partial charge in [-0.15, -0.1) is 0 Å². The summed E-state index contributed by atoms with van der Waals surface area (Å²) in [5.41, 5.74) is 3.66. The zero-order valence-electron chi connectivity index (χ0n) is 15.3. The second kappa shape index (κ2) is 8.02. The summed E-state index contributed by atoms with van der Waals surface area (Å²) in [6.45, 7) is 3.98. The molecule has 0 aliphatic heterocycles. The van der Waals surface area contributed by atoms with Crippen molar-refractivity contribution in [2.45, 2.75) is 26.4 Å². The van der Waals surface area contributed by atoms with Gasteiger partial charge in [-0.2, -0.15) is 0 Å². The molecule has 2 rings (SSSR count). The minimum atomic E-state index is -0.528. The van der Waals surface area contributed by atoms with Gasteiger partial charge in [-0.1, -0.05) is 0 Å². The zero-order chi connectivity index (χ0) is 18.6. The normalized spacial score (nSPS) is 12.0. The van der Waals surface area contributed by atoms with E-state index in [1.54, 1.807) is 7.11 Å². The van der Waals surface area contributed by atoms with E-state index in [0.29, 0.717) is 18.7 Å². The van der Waals surface area contributed by atoms with E-state index in [1.165, 1.54) is 14.0 Å². The number of hydrogen-bond acceptors (Lipinski definition) is 4. The van der Waals surface area contributed by atoms with Crippen LogP contribution in [0.1, 0.15) is 31.1 Å². The van der Waals surface area contributed by atoms with Gasteiger partial charge >= 0.3 is 6.09 Å². The molecule has 0 aliphatic carbocycles. The number of aryl methyl sites for hydroxylation is 1. The Morgan fingerprint density at radius 1 is 1.28 bits per heavy atom. The topological polar surface area (TPSA) is 81.6 Å². The Balaban J connectivity index is 2.56. The van der Waals surface area contributed by atoms with Crippen molar-refractivity contribution in [2.24, 2.45) is 7.05 Å². The molecule has 2 amide bonds. The van der Waals surface area contributed by atoms with E-state index in [1.807, 2.05) is 36.9 Å². The van der Waals surface area contributed by atoms with Gasteiger partial charge in [-0.3, -0.25) is 10.1 Å². The standard InChI is InChI=1S/C18H25N3O4/c1-11(24-4)16-14(20-18(23)25-5)6-7-15-17(16)13(10-21(15)3)8-9-19-12(2)22/h6-7,10-11H,8-9H2,1-5H3,(H,19,22)(H,20,23). The third-order valence-electron chi connectivity index (χ3n) is 4.22. The molecule has 2 aromatic rings. The molecule has 25 heavy (non-hydrogen) atoms. The van der Waals surface area contributed by atoms with Gasteiger partial charge in [0.15, 0.2) is 0 Å². The number of hydrogen-bond donors (Lipinski definition) is 2. The largest absolute Gasteiger partial charge is 0.453 e. The summed E-state index contributed by atoms with van der Waals surface area (Å²) in [6, 6.07) is 3.80. The van der Waals surface area contributed by atoms with Gasteiger partial charge in [0.25, 0.3) is 0 Å². The molecule has 1 unspecified atom stereocenters. The number of benzene rings is 1. The van der Waals surface area contributed by atoms with E-state index >= 15 is 0 Å². The van der Waals surface area contributed by atoms with Crippen LogP contribution in [0.3, 0.4) is 0 Å². The van der Waals surface area contributed by atoms with Crippen molar-refractivity contribution in [2.75, 3.05) is 26.1 Å². The van der Waals surface area contributed by atoms with Crippen LogP contribution < -0.4 is 10.6 Å². The molecule has 136 valence electrons. The summed E-state index contributed by atoms with van der Waals surface area (Å²) >= 11 is 0. The van der Waals surface area contributed by atoms with E-state index in [-0.39, 0.29) is 12.0 Å². The predicted molar refractivity (Wildman–Crippen MR) is 96.8 cm³/mol. The molecule has 0 aliphatic rings. The molecule has 0 spiro atoms. The SMILES string of the molecule is COC(=O)Nc1ccc2c(c(CCNC(C)=O)cn2C)c1C(C)OC. The Hall–Kier alpha value is -2.54. The van der Waals surface area contributed by atoms with Crippen molar-refractivity contribution >= 4 is 28.6 Å². The molecule has 7 heteroatoms. The highest BCUT2D eigenvalue weighted by atomic mass is 16.5. The third kappa shape index (κ3) is 4.11. The second-order valence-electron chi connectivity index (χ2n) is 5.91. The lowest BCUT2D eigenvalue weighted by molar-refractivity contribution is -0.118. The third-order valence-corrected chi connectivity index (χ3v) is 4.22. The smallest absolute Gasteiger partial charge is 0.411 e. The molecule has 0 saturated carbocycles. The van der Waals surface area contributed by atoms with Crippen LogP contribution in [0.5, 0.6) is 0 Å². The number of aromatic nitrogens is 1. The van der Waals surface area contributed by atoms with Crippen LogP contribution in [0.15, 0.2) is 18.3 Å². The first kappa shape index (κ1) is 18.8. The fraction of sp³-hybridized carbons (Fsp3) is 0.444. The molecule has 0 saturated heterocycles. The number of carbonyl (C=O) groups is 2. The zero-order valence-corrected chi connectivity index (χ0v) is 15.3. The second-order valence-corrected chi connectivity index (χ2v) is 5.91. The fourth-order valence-electron chi connectivity index (χ4n) is 2.98. The van der Waals surface area contributed by atoms with Crippen LogP contribution >= 0.6 is 0 Å². The average molecular weight is 347 g/mol. The molecular formula is C18H25N3O4. The summed E-state index contributed by atoms with van der Waals surface area (Å²) in [4.78, 5) is 22.8.